The molecule has 1 aliphatic rings. The Hall–Kier alpha value is -2.98. The predicted molar refractivity (Wildman–Crippen MR) is 102 cm³/mol. The topological polar surface area (TPSA) is 94.2 Å². The number of nitrogens with one attached hydrogen (secondary N) is 1. The van der Waals surface area contributed by atoms with Crippen LogP contribution in [0, 0.1) is 5.92 Å². The maximum Gasteiger partial charge on any atom is 0.573 e. The third kappa shape index (κ3) is 7.34. The van der Waals surface area contributed by atoms with Crippen LogP contribution in [0.2, 0.25) is 0 Å². The third-order valence-corrected chi connectivity index (χ3v) is 4.23. The molecular formula is C20H25F3N2O6. The zero-order valence-electron chi connectivity index (χ0n) is 17.6. The molecular weight excluding hydrogens is 421 g/mol. The summed E-state index contributed by atoms with van der Waals surface area (Å²) in [7, 11) is 0. The standard InChI is InChI=1S/C20H25F3N2O6/c1-5-29-17(27)14-10-25(18(28)31-19(2,3)4)11-15(14)24-16(26)12-6-8-13(9-7-12)30-20(21,22)23/h6-9,14-15H,5,10-11H2,1-4H3,(H,24,26). The van der Waals surface area contributed by atoms with E-state index in [9.17, 15) is 27.6 Å². The highest BCUT2D eigenvalue weighted by Gasteiger charge is 2.42. The first-order valence-corrected chi connectivity index (χ1v) is 9.60. The molecule has 0 bridgehead atoms. The Labute approximate surface area is 177 Å². The van der Waals surface area contributed by atoms with Crippen molar-refractivity contribution in [1.29, 1.82) is 0 Å². The van der Waals surface area contributed by atoms with Crippen LogP contribution in [-0.4, -0.2) is 60.6 Å². The van der Waals surface area contributed by atoms with Gasteiger partial charge in [-0.2, -0.15) is 0 Å². The van der Waals surface area contributed by atoms with Crippen LogP contribution >= 0.6 is 0 Å². The molecule has 11 heteroatoms. The fourth-order valence-electron chi connectivity index (χ4n) is 2.97. The number of alkyl halides is 3. The summed E-state index contributed by atoms with van der Waals surface area (Å²) in [4.78, 5) is 38.6. The van der Waals surface area contributed by atoms with Crippen LogP contribution < -0.4 is 10.1 Å². The number of rotatable bonds is 5. The zero-order chi connectivity index (χ0) is 23.4. The second-order valence-electron chi connectivity index (χ2n) is 7.90. The molecule has 0 aromatic heterocycles. The lowest BCUT2D eigenvalue weighted by atomic mass is 10.0. The molecule has 2 rings (SSSR count). The van der Waals surface area contributed by atoms with Gasteiger partial charge in [-0.25, -0.2) is 4.79 Å². The number of carbonyl (C=O) groups is 3. The van der Waals surface area contributed by atoms with Gasteiger partial charge in [-0.1, -0.05) is 0 Å². The Kier molecular flexibility index (Phi) is 7.40. The van der Waals surface area contributed by atoms with Crippen LogP contribution in [0.4, 0.5) is 18.0 Å². The van der Waals surface area contributed by atoms with Crippen molar-refractivity contribution in [3.8, 4) is 5.75 Å². The summed E-state index contributed by atoms with van der Waals surface area (Å²) in [5.41, 5.74) is -0.675. The minimum Gasteiger partial charge on any atom is -0.466 e. The van der Waals surface area contributed by atoms with Gasteiger partial charge in [0.05, 0.1) is 18.6 Å². The lowest BCUT2D eigenvalue weighted by Gasteiger charge is -2.24. The lowest BCUT2D eigenvalue weighted by Crippen LogP contribution is -2.43. The smallest absolute Gasteiger partial charge is 0.466 e. The van der Waals surface area contributed by atoms with Gasteiger partial charge >= 0.3 is 18.4 Å². The first-order chi connectivity index (χ1) is 14.3. The van der Waals surface area contributed by atoms with Crippen molar-refractivity contribution in [2.24, 2.45) is 5.92 Å². The Balaban J connectivity index is 2.11. The summed E-state index contributed by atoms with van der Waals surface area (Å²) in [5.74, 6) is -2.48. The number of halogens is 3. The molecule has 2 amide bonds. The molecule has 0 saturated carbocycles. The number of amides is 2. The minimum absolute atomic E-state index is 0.00292. The molecule has 1 saturated heterocycles. The van der Waals surface area contributed by atoms with Crippen molar-refractivity contribution in [3.63, 3.8) is 0 Å². The van der Waals surface area contributed by atoms with E-state index in [1.807, 2.05) is 0 Å². The van der Waals surface area contributed by atoms with Crippen LogP contribution in [0.3, 0.4) is 0 Å². The highest BCUT2D eigenvalue weighted by molar-refractivity contribution is 5.95. The number of nitrogens with zero attached hydrogens (tertiary/aromatic N) is 1. The molecule has 1 fully saturated rings. The van der Waals surface area contributed by atoms with Gasteiger partial charge < -0.3 is 24.4 Å². The number of ether oxygens (including phenoxy) is 3. The fourth-order valence-corrected chi connectivity index (χ4v) is 2.97. The largest absolute Gasteiger partial charge is 0.573 e. The number of likely N-dealkylation sites (tertiary alicyclic amines) is 1. The average Bonchev–Trinajstić information content (AvgIpc) is 3.04. The van der Waals surface area contributed by atoms with Crippen molar-refractivity contribution in [2.75, 3.05) is 19.7 Å². The van der Waals surface area contributed by atoms with Crippen LogP contribution in [0.25, 0.3) is 0 Å². The van der Waals surface area contributed by atoms with Gasteiger partial charge in [0.1, 0.15) is 11.4 Å². The monoisotopic (exact) mass is 446 g/mol. The second kappa shape index (κ2) is 9.44. The van der Waals surface area contributed by atoms with E-state index in [-0.39, 0.29) is 25.3 Å². The quantitative estimate of drug-likeness (QED) is 0.699. The van der Waals surface area contributed by atoms with E-state index in [2.05, 4.69) is 10.1 Å². The maximum atomic E-state index is 12.6. The Morgan fingerprint density at radius 3 is 2.23 bits per heavy atom. The second-order valence-corrected chi connectivity index (χ2v) is 7.90. The van der Waals surface area contributed by atoms with Gasteiger partial charge in [0.2, 0.25) is 0 Å². The van der Waals surface area contributed by atoms with E-state index in [4.69, 9.17) is 9.47 Å². The first-order valence-electron chi connectivity index (χ1n) is 9.60. The Bertz CT molecular complexity index is 805. The molecule has 0 spiro atoms. The highest BCUT2D eigenvalue weighted by atomic mass is 19.4. The third-order valence-electron chi connectivity index (χ3n) is 4.23. The average molecular weight is 446 g/mol. The molecule has 8 nitrogen and oxygen atoms in total. The minimum atomic E-state index is -4.84. The first kappa shape index (κ1) is 24.3. The summed E-state index contributed by atoms with van der Waals surface area (Å²) >= 11 is 0. The normalized spacial score (nSPS) is 19.0. The number of hydrogen-bond donors (Lipinski definition) is 1. The van der Waals surface area contributed by atoms with E-state index in [1.165, 1.54) is 4.90 Å². The highest BCUT2D eigenvalue weighted by Crippen LogP contribution is 2.24. The van der Waals surface area contributed by atoms with E-state index in [0.717, 1.165) is 24.3 Å². The Morgan fingerprint density at radius 1 is 1.10 bits per heavy atom. The molecule has 0 radical (unpaired) electrons. The summed E-state index contributed by atoms with van der Waals surface area (Å²) < 4.78 is 50.9. The molecule has 31 heavy (non-hydrogen) atoms. The van der Waals surface area contributed by atoms with Gasteiger partial charge in [-0.05, 0) is 52.0 Å². The SMILES string of the molecule is CCOC(=O)C1CN(C(=O)OC(C)(C)C)CC1NC(=O)c1ccc(OC(F)(F)F)cc1. The van der Waals surface area contributed by atoms with Gasteiger partial charge in [-0.15, -0.1) is 13.2 Å². The molecule has 1 aliphatic heterocycles. The maximum absolute atomic E-state index is 12.6. The molecule has 1 aromatic carbocycles. The molecule has 2 atom stereocenters. The van der Waals surface area contributed by atoms with Crippen molar-refractivity contribution < 1.29 is 41.8 Å². The summed E-state index contributed by atoms with van der Waals surface area (Å²) in [6.07, 6.45) is -5.47. The predicted octanol–water partition coefficient (Wildman–Crippen LogP) is 3.11. The van der Waals surface area contributed by atoms with Gasteiger partial charge in [-0.3, -0.25) is 9.59 Å². The fraction of sp³-hybridized carbons (Fsp3) is 0.550. The van der Waals surface area contributed by atoms with Gasteiger partial charge in [0.25, 0.3) is 5.91 Å². The van der Waals surface area contributed by atoms with Gasteiger partial charge in [0.15, 0.2) is 0 Å². The molecule has 2 unspecified atom stereocenters. The molecule has 1 aromatic rings. The van der Waals surface area contributed by atoms with E-state index in [0.29, 0.717) is 0 Å². The Morgan fingerprint density at radius 2 is 1.71 bits per heavy atom. The van der Waals surface area contributed by atoms with E-state index >= 15 is 0 Å². The molecule has 0 aliphatic carbocycles. The van der Waals surface area contributed by atoms with Crippen LogP contribution in [0.15, 0.2) is 24.3 Å². The summed E-state index contributed by atoms with van der Waals surface area (Å²) in [6, 6.07) is 3.58. The lowest BCUT2D eigenvalue weighted by molar-refractivity contribution is -0.274. The molecule has 1 N–H and O–H groups in total. The van der Waals surface area contributed by atoms with E-state index < -0.39 is 47.6 Å². The van der Waals surface area contributed by atoms with Crippen molar-refractivity contribution in [1.82, 2.24) is 10.2 Å². The van der Waals surface area contributed by atoms with Crippen molar-refractivity contribution >= 4 is 18.0 Å². The molecule has 172 valence electrons. The zero-order valence-corrected chi connectivity index (χ0v) is 17.6. The van der Waals surface area contributed by atoms with Crippen LogP contribution in [0.1, 0.15) is 38.1 Å². The number of carbonyl (C=O) groups excluding carboxylic acids is 3. The summed E-state index contributed by atoms with van der Waals surface area (Å²) in [6.45, 7) is 6.88. The van der Waals surface area contributed by atoms with E-state index in [1.54, 1.807) is 27.7 Å². The molecule has 1 heterocycles. The number of esters is 1. The van der Waals surface area contributed by atoms with Gasteiger partial charge in [0, 0.05) is 18.7 Å². The summed E-state index contributed by atoms with van der Waals surface area (Å²) in [5, 5.41) is 2.65. The van der Waals surface area contributed by atoms with Crippen molar-refractivity contribution in [2.45, 2.75) is 45.7 Å². The number of benzene rings is 1. The van der Waals surface area contributed by atoms with Crippen LogP contribution in [0.5, 0.6) is 5.75 Å². The van der Waals surface area contributed by atoms with Crippen molar-refractivity contribution in [3.05, 3.63) is 29.8 Å². The van der Waals surface area contributed by atoms with Crippen LogP contribution in [-0.2, 0) is 14.3 Å². The number of hydrogen-bond acceptors (Lipinski definition) is 6.